The summed E-state index contributed by atoms with van der Waals surface area (Å²) in [6, 6.07) is -0.206. The minimum atomic E-state index is -0.246. The second-order valence-corrected chi connectivity index (χ2v) is 5.67. The summed E-state index contributed by atoms with van der Waals surface area (Å²) in [5.41, 5.74) is 0. The number of rotatable bonds is 5. The van der Waals surface area contributed by atoms with E-state index in [9.17, 15) is 9.59 Å². The summed E-state index contributed by atoms with van der Waals surface area (Å²) in [7, 11) is 0. The van der Waals surface area contributed by atoms with Gasteiger partial charge in [-0.25, -0.2) is 0 Å². The van der Waals surface area contributed by atoms with Gasteiger partial charge in [0, 0.05) is 19.0 Å². The highest BCUT2D eigenvalue weighted by Gasteiger charge is 2.42. The van der Waals surface area contributed by atoms with Crippen LogP contribution in [-0.4, -0.2) is 35.3 Å². The molecule has 4 heteroatoms. The van der Waals surface area contributed by atoms with Crippen molar-refractivity contribution in [3.8, 4) is 0 Å². The third-order valence-corrected chi connectivity index (χ3v) is 3.97. The van der Waals surface area contributed by atoms with Crippen molar-refractivity contribution in [1.29, 1.82) is 0 Å². The molecule has 0 bridgehead atoms. The lowest BCUT2D eigenvalue weighted by Crippen LogP contribution is -2.47. The van der Waals surface area contributed by atoms with E-state index in [1.807, 2.05) is 11.8 Å². The van der Waals surface area contributed by atoms with Gasteiger partial charge in [-0.15, -0.1) is 0 Å². The average Bonchev–Trinajstić information content (AvgIpc) is 3.14. The molecule has 2 rings (SSSR count). The van der Waals surface area contributed by atoms with Gasteiger partial charge in [-0.1, -0.05) is 19.8 Å². The van der Waals surface area contributed by atoms with Crippen LogP contribution >= 0.6 is 0 Å². The Morgan fingerprint density at radius 2 is 2.00 bits per heavy atom. The SMILES string of the molecule is CCCCCN1C(=O)C(C2CC2)NC(=O)CC1C. The fourth-order valence-corrected chi connectivity index (χ4v) is 2.68. The number of hydrogen-bond acceptors (Lipinski definition) is 2. The van der Waals surface area contributed by atoms with Crippen LogP contribution in [0.4, 0.5) is 0 Å². The first-order valence-corrected chi connectivity index (χ1v) is 7.23. The minimum Gasteiger partial charge on any atom is -0.344 e. The number of unbranched alkanes of at least 4 members (excludes halogenated alkanes) is 2. The Kier molecular flexibility index (Phi) is 4.25. The van der Waals surface area contributed by atoms with E-state index in [0.29, 0.717) is 12.3 Å². The highest BCUT2D eigenvalue weighted by Crippen LogP contribution is 2.34. The fourth-order valence-electron chi connectivity index (χ4n) is 2.68. The molecule has 0 aromatic rings. The molecule has 1 aliphatic carbocycles. The molecule has 2 unspecified atom stereocenters. The lowest BCUT2D eigenvalue weighted by atomic mass is 10.1. The maximum absolute atomic E-state index is 12.5. The maximum atomic E-state index is 12.5. The van der Waals surface area contributed by atoms with Crippen molar-refractivity contribution < 1.29 is 9.59 Å². The van der Waals surface area contributed by atoms with Crippen molar-refractivity contribution in [3.05, 3.63) is 0 Å². The summed E-state index contributed by atoms with van der Waals surface area (Å²) < 4.78 is 0. The summed E-state index contributed by atoms with van der Waals surface area (Å²) in [6.45, 7) is 4.94. The van der Waals surface area contributed by atoms with Gasteiger partial charge in [0.05, 0.1) is 0 Å². The average molecular weight is 252 g/mol. The van der Waals surface area contributed by atoms with Crippen molar-refractivity contribution in [2.75, 3.05) is 6.54 Å². The molecule has 2 atom stereocenters. The first-order chi connectivity index (χ1) is 8.63. The largest absolute Gasteiger partial charge is 0.344 e. The third-order valence-electron chi connectivity index (χ3n) is 3.97. The number of hydrogen-bond donors (Lipinski definition) is 1. The zero-order valence-electron chi connectivity index (χ0n) is 11.4. The van der Waals surface area contributed by atoms with E-state index < -0.39 is 0 Å². The van der Waals surface area contributed by atoms with E-state index in [1.54, 1.807) is 0 Å². The van der Waals surface area contributed by atoms with Gasteiger partial charge in [0.2, 0.25) is 11.8 Å². The van der Waals surface area contributed by atoms with E-state index in [-0.39, 0.29) is 23.9 Å². The van der Waals surface area contributed by atoms with E-state index in [2.05, 4.69) is 12.2 Å². The highest BCUT2D eigenvalue weighted by molar-refractivity contribution is 5.91. The number of amides is 2. The quantitative estimate of drug-likeness (QED) is 0.757. The van der Waals surface area contributed by atoms with Crippen molar-refractivity contribution in [2.45, 2.75) is 64.5 Å². The van der Waals surface area contributed by atoms with E-state index in [0.717, 1.165) is 38.6 Å². The standard InChI is InChI=1S/C14H24N2O2/c1-3-4-5-8-16-10(2)9-12(17)15-13(14(16)18)11-6-7-11/h10-11,13H,3-9H2,1-2H3,(H,15,17). The van der Waals surface area contributed by atoms with Crippen molar-refractivity contribution >= 4 is 11.8 Å². The first kappa shape index (κ1) is 13.4. The predicted octanol–water partition coefficient (Wildman–Crippen LogP) is 1.69. The molecule has 0 radical (unpaired) electrons. The Bertz CT molecular complexity index is 326. The molecule has 2 aliphatic rings. The molecular weight excluding hydrogens is 228 g/mol. The molecule has 1 N–H and O–H groups in total. The summed E-state index contributed by atoms with van der Waals surface area (Å²) in [4.78, 5) is 26.2. The van der Waals surface area contributed by atoms with Crippen LogP contribution < -0.4 is 5.32 Å². The summed E-state index contributed by atoms with van der Waals surface area (Å²) in [5.74, 6) is 0.568. The summed E-state index contributed by atoms with van der Waals surface area (Å²) >= 11 is 0. The van der Waals surface area contributed by atoms with Gasteiger partial charge in [-0.2, -0.15) is 0 Å². The minimum absolute atomic E-state index is 0.0331. The zero-order valence-corrected chi connectivity index (χ0v) is 11.4. The summed E-state index contributed by atoms with van der Waals surface area (Å²) in [6.07, 6.45) is 5.94. The number of carbonyl (C=O) groups excluding carboxylic acids is 2. The van der Waals surface area contributed by atoms with Gasteiger partial charge in [-0.05, 0) is 32.1 Å². The van der Waals surface area contributed by atoms with E-state index in [4.69, 9.17) is 0 Å². The Balaban J connectivity index is 2.03. The molecule has 2 fully saturated rings. The Morgan fingerprint density at radius 1 is 1.28 bits per heavy atom. The molecule has 0 spiro atoms. The lowest BCUT2D eigenvalue weighted by molar-refractivity contribution is -0.135. The van der Waals surface area contributed by atoms with Gasteiger partial charge in [0.25, 0.3) is 0 Å². The molecule has 0 aromatic carbocycles. The monoisotopic (exact) mass is 252 g/mol. The summed E-state index contributed by atoms with van der Waals surface area (Å²) in [5, 5.41) is 2.91. The lowest BCUT2D eigenvalue weighted by Gasteiger charge is -2.28. The molecule has 0 aromatic heterocycles. The van der Waals surface area contributed by atoms with Crippen LogP contribution in [-0.2, 0) is 9.59 Å². The molecule has 1 saturated carbocycles. The topological polar surface area (TPSA) is 49.4 Å². The van der Waals surface area contributed by atoms with Crippen molar-refractivity contribution in [2.24, 2.45) is 5.92 Å². The molecule has 1 aliphatic heterocycles. The number of carbonyl (C=O) groups is 2. The van der Waals surface area contributed by atoms with Crippen molar-refractivity contribution in [1.82, 2.24) is 10.2 Å². The van der Waals surface area contributed by atoms with E-state index >= 15 is 0 Å². The second kappa shape index (κ2) is 5.72. The van der Waals surface area contributed by atoms with Crippen LogP contribution in [0.15, 0.2) is 0 Å². The Morgan fingerprint density at radius 3 is 2.61 bits per heavy atom. The van der Waals surface area contributed by atoms with Crippen LogP contribution in [0, 0.1) is 5.92 Å². The zero-order chi connectivity index (χ0) is 13.1. The predicted molar refractivity (Wildman–Crippen MR) is 70.0 cm³/mol. The van der Waals surface area contributed by atoms with Gasteiger partial charge in [-0.3, -0.25) is 9.59 Å². The van der Waals surface area contributed by atoms with Gasteiger partial charge in [0.15, 0.2) is 0 Å². The molecule has 18 heavy (non-hydrogen) atoms. The Hall–Kier alpha value is -1.06. The smallest absolute Gasteiger partial charge is 0.245 e. The van der Waals surface area contributed by atoms with Crippen molar-refractivity contribution in [3.63, 3.8) is 0 Å². The van der Waals surface area contributed by atoms with Crippen LogP contribution in [0.5, 0.6) is 0 Å². The molecule has 1 saturated heterocycles. The van der Waals surface area contributed by atoms with Crippen LogP contribution in [0.1, 0.15) is 52.4 Å². The van der Waals surface area contributed by atoms with Crippen LogP contribution in [0.3, 0.4) is 0 Å². The third kappa shape index (κ3) is 3.03. The molecular formula is C14H24N2O2. The van der Waals surface area contributed by atoms with E-state index in [1.165, 1.54) is 0 Å². The Labute approximate surface area is 109 Å². The first-order valence-electron chi connectivity index (χ1n) is 7.23. The highest BCUT2D eigenvalue weighted by atomic mass is 16.2. The fraction of sp³-hybridized carbons (Fsp3) is 0.857. The van der Waals surface area contributed by atoms with Gasteiger partial charge >= 0.3 is 0 Å². The van der Waals surface area contributed by atoms with Gasteiger partial charge < -0.3 is 10.2 Å². The molecule has 102 valence electrons. The molecule has 4 nitrogen and oxygen atoms in total. The number of nitrogens with zero attached hydrogens (tertiary/aromatic N) is 1. The molecule has 2 amide bonds. The second-order valence-electron chi connectivity index (χ2n) is 5.67. The van der Waals surface area contributed by atoms with Gasteiger partial charge in [0.1, 0.15) is 6.04 Å². The van der Waals surface area contributed by atoms with Crippen LogP contribution in [0.2, 0.25) is 0 Å². The number of nitrogens with one attached hydrogen (secondary N) is 1. The normalized spacial score (nSPS) is 29.1. The molecule has 1 heterocycles. The maximum Gasteiger partial charge on any atom is 0.245 e. The van der Waals surface area contributed by atoms with Crippen LogP contribution in [0.25, 0.3) is 0 Å².